The average Bonchev–Trinajstić information content (AvgIpc) is 0.725. The Morgan fingerprint density at radius 1 is 0.383 bits per heavy atom. The molecule has 3 aliphatic heterocycles. The van der Waals surface area contributed by atoms with Crippen LogP contribution >= 0.6 is 69.6 Å². The third-order valence-corrected chi connectivity index (χ3v) is 26.8. The van der Waals surface area contributed by atoms with E-state index in [1.54, 1.807) is 87.0 Å². The fraction of sp³-hybridized carbons (Fsp3) is 0.303. The van der Waals surface area contributed by atoms with Gasteiger partial charge in [-0.3, -0.25) is 57.4 Å². The van der Waals surface area contributed by atoms with E-state index in [1.807, 2.05) is 83.1 Å². The highest BCUT2D eigenvalue weighted by atomic mass is 35.5. The third kappa shape index (κ3) is 18.1. The van der Waals surface area contributed by atoms with Gasteiger partial charge >= 0.3 is 0 Å². The Morgan fingerprint density at radius 3 is 0.787 bits per heavy atom. The second kappa shape index (κ2) is 40.8. The molecule has 0 aliphatic carbocycles. The number of aryl methyl sites for hydroxylation is 3. The number of hydrogen-bond acceptors (Lipinski definition) is 21. The van der Waals surface area contributed by atoms with Crippen LogP contribution in [-0.4, -0.2) is 152 Å². The van der Waals surface area contributed by atoms with Crippen LogP contribution in [0.1, 0.15) is 151 Å². The van der Waals surface area contributed by atoms with E-state index in [1.165, 1.54) is 50.1 Å². The number of pyridine rings is 9. The molecule has 732 valence electrons. The summed E-state index contributed by atoms with van der Waals surface area (Å²) in [5, 5.41) is 28.0. The predicted octanol–water partition coefficient (Wildman–Crippen LogP) is 20.0. The fourth-order valence-corrected chi connectivity index (χ4v) is 20.1. The lowest BCUT2D eigenvalue weighted by Gasteiger charge is -2.45. The Labute approximate surface area is 832 Å². The van der Waals surface area contributed by atoms with Crippen LogP contribution in [0.2, 0.25) is 30.1 Å². The molecule has 0 unspecified atom stereocenters. The number of carbonyl (C=O) groups excluding carboxylic acids is 3. The largest absolute Gasteiger partial charge is 0.394 e. The van der Waals surface area contributed by atoms with Crippen molar-refractivity contribution >= 4 is 155 Å². The fourth-order valence-electron chi connectivity index (χ4n) is 18.8. The predicted molar refractivity (Wildman–Crippen MR) is 530 cm³/mol. The first-order valence-electron chi connectivity index (χ1n) is 43.9. The van der Waals surface area contributed by atoms with Crippen LogP contribution in [0.25, 0.3) is 83.9 Å². The zero-order valence-corrected chi connectivity index (χ0v) is 82.9. The van der Waals surface area contributed by atoms with Crippen LogP contribution in [-0.2, 0) is 14.4 Å². The van der Waals surface area contributed by atoms with Crippen LogP contribution in [0.15, 0.2) is 107 Å². The van der Waals surface area contributed by atoms with Crippen molar-refractivity contribution < 1.29 is 53.9 Å². The maximum atomic E-state index is 15.5. The minimum Gasteiger partial charge on any atom is -0.394 e. The van der Waals surface area contributed by atoms with E-state index in [2.05, 4.69) is 67.8 Å². The molecule has 3 fully saturated rings. The van der Waals surface area contributed by atoms with E-state index in [-0.39, 0.29) is 193 Å². The van der Waals surface area contributed by atoms with Crippen LogP contribution in [0.3, 0.4) is 0 Å². The summed E-state index contributed by atoms with van der Waals surface area (Å²) in [5.41, 5.74) is 10.9. The number of nitrogens with two attached hydrogens (primary N) is 3. The number of rotatable bonds is 15. The van der Waals surface area contributed by atoms with E-state index < -0.39 is 135 Å². The highest BCUT2D eigenvalue weighted by Gasteiger charge is 2.43. The summed E-state index contributed by atoms with van der Waals surface area (Å²) in [6, 6.07) is 13.0. The van der Waals surface area contributed by atoms with E-state index in [0.29, 0.717) is 50.8 Å². The number of nitrogen functional groups attached to an aromatic ring is 3. The average molecular weight is 2050 g/mol. The minimum atomic E-state index is -1.49. The summed E-state index contributed by atoms with van der Waals surface area (Å²) in [7, 11) is 0. The molecule has 42 heteroatoms. The summed E-state index contributed by atoms with van der Waals surface area (Å²) in [6.07, 6.45) is 8.41. The first kappa shape index (κ1) is 105. The number of carbonyl (C=O) groups is 3. The van der Waals surface area contributed by atoms with Gasteiger partial charge in [-0.1, -0.05) is 131 Å². The number of piperazine rings is 3. The van der Waals surface area contributed by atoms with Crippen molar-refractivity contribution in [3.05, 3.63) is 257 Å². The number of aromatic nitrogens is 9. The van der Waals surface area contributed by atoms with Crippen LogP contribution in [0.4, 0.5) is 73.6 Å². The van der Waals surface area contributed by atoms with Crippen molar-refractivity contribution in [2.45, 2.75) is 158 Å². The molecule has 3 aromatic carbocycles. The van der Waals surface area contributed by atoms with Crippen LogP contribution in [0.5, 0.6) is 0 Å². The summed E-state index contributed by atoms with van der Waals surface area (Å²) in [5.74, 6) is -14.8. The monoisotopic (exact) mass is 2050 g/mol. The van der Waals surface area contributed by atoms with Crippen molar-refractivity contribution in [2.75, 3.05) is 71.2 Å². The second-order valence-corrected chi connectivity index (χ2v) is 37.7. The number of anilines is 6. The zero-order valence-electron chi connectivity index (χ0n) is 78.4. The van der Waals surface area contributed by atoms with Gasteiger partial charge in [-0.05, 0) is 151 Å². The Kier molecular flexibility index (Phi) is 30.3. The smallest absolute Gasteiger partial charge is 0.276 e. The van der Waals surface area contributed by atoms with Crippen LogP contribution in [0, 0.1) is 107 Å². The lowest BCUT2D eigenvalue weighted by Crippen LogP contribution is -2.58. The van der Waals surface area contributed by atoms with Crippen molar-refractivity contribution in [2.24, 2.45) is 0 Å². The molecule has 12 aromatic rings. The molecule has 3 saturated heterocycles. The number of nitriles is 3. The SMILES string of the molecule is C=CC(=O)N1[C@H](C)CN(c2c(C#N)c(=O)n(-c3c(C)ccnc3C(C)C)c3nc(-c4c(F)c(N)c(F)c(Cl)c4F)c(Cl)cc23)C[C@@H]1C.C=CC(=O)N1[C@H](C)CN(c2c(C#N)c(=O)n(-c3c(C)ccnc3C(C)C)c3nc(-c4c(F)c(N)c(F)c(Cl)c4F)c(Cl)cc23)C[C@@H]1C.C=CC(=O)N1[C@H](C)CN(c2c(C#N)c(=O)n(-c3c(C)ccnc3C(C)C)c3nc(-c4c(F)c(N)c(F)c(Cl)c4F)c(Cl)cc23)C[C@@H]1C. The van der Waals surface area contributed by atoms with E-state index in [9.17, 15) is 57.7 Å². The number of nitrogens with zero attached hydrogens (tertiary/aromatic N) is 18. The minimum absolute atomic E-state index is 0.107. The molecule has 9 aromatic heterocycles. The van der Waals surface area contributed by atoms with Crippen molar-refractivity contribution in [3.63, 3.8) is 0 Å². The molecule has 15 rings (SSSR count). The Hall–Kier alpha value is -13.8. The molecule has 6 N–H and O–H groups in total. The molecule has 27 nitrogen and oxygen atoms in total. The quantitative estimate of drug-likeness (QED) is 0.0282. The van der Waals surface area contributed by atoms with Crippen molar-refractivity contribution in [3.8, 4) is 69.0 Å². The molecular formula is C99H90Cl6F9N21O6. The van der Waals surface area contributed by atoms with Gasteiger partial charge in [0, 0.05) is 110 Å². The van der Waals surface area contributed by atoms with Crippen molar-refractivity contribution in [1.82, 2.24) is 58.3 Å². The molecule has 12 heterocycles. The summed E-state index contributed by atoms with van der Waals surface area (Å²) in [6.45, 7) is 39.5. The second-order valence-electron chi connectivity index (χ2n) is 35.3. The van der Waals surface area contributed by atoms with Gasteiger partial charge in [0.1, 0.15) is 84.0 Å². The molecule has 6 atom stereocenters. The third-order valence-electron chi connectivity index (χ3n) is 24.9. The summed E-state index contributed by atoms with van der Waals surface area (Å²) >= 11 is 37.6. The zero-order chi connectivity index (χ0) is 104. The first-order chi connectivity index (χ1) is 66.5. The topological polar surface area (TPSA) is 363 Å². The maximum absolute atomic E-state index is 15.5. The number of halogens is 15. The van der Waals surface area contributed by atoms with Gasteiger partial charge in [0.05, 0.1) is 100 Å². The molecule has 141 heavy (non-hydrogen) atoms. The van der Waals surface area contributed by atoms with Gasteiger partial charge in [-0.15, -0.1) is 0 Å². The maximum Gasteiger partial charge on any atom is 0.276 e. The normalized spacial score (nSPS) is 16.6. The molecule has 0 bridgehead atoms. The number of fused-ring (bicyclic) bond motifs is 3. The lowest BCUT2D eigenvalue weighted by atomic mass is 10.0. The van der Waals surface area contributed by atoms with Gasteiger partial charge in [-0.25, -0.2) is 54.5 Å². The Bertz CT molecular complexity index is 6860. The lowest BCUT2D eigenvalue weighted by molar-refractivity contribution is -0.131. The standard InChI is InChI=1S/3C33H30Cl2F3N7O2/c3*1-7-21(46)44-16(5)12-43(13-17(44)6)31-18-10-20(34)29(22-24(36)23(35)26(38)27(40)25(22)37)42-32(18)45(33(47)19(31)11-39)30-15(4)8-9-41-28(30)14(2)3/h3*7-10,14,16-17H,1,12-13,40H2,2-6H3/t3*16-,17+. The molecule has 3 amide bonds. The number of amides is 3. The molecule has 0 spiro atoms. The Morgan fingerprint density at radius 2 is 0.596 bits per heavy atom. The van der Waals surface area contributed by atoms with Gasteiger partial charge in [-0.2, -0.15) is 15.8 Å². The van der Waals surface area contributed by atoms with Gasteiger partial charge in [0.2, 0.25) is 17.7 Å². The van der Waals surface area contributed by atoms with E-state index in [4.69, 9.17) is 86.8 Å². The molecule has 3 aliphatic rings. The molecular weight excluding hydrogens is 1960 g/mol. The molecule has 0 saturated carbocycles. The molecule has 0 radical (unpaired) electrons. The highest BCUT2D eigenvalue weighted by Crippen LogP contribution is 2.49. The van der Waals surface area contributed by atoms with E-state index in [0.717, 1.165) is 0 Å². The highest BCUT2D eigenvalue weighted by molar-refractivity contribution is 6.36. The van der Waals surface area contributed by atoms with Crippen molar-refractivity contribution in [1.29, 1.82) is 15.8 Å². The van der Waals surface area contributed by atoms with Gasteiger partial charge in [0.25, 0.3) is 16.7 Å². The Balaban J connectivity index is 0.000000178. The van der Waals surface area contributed by atoms with Gasteiger partial charge < -0.3 is 46.6 Å². The van der Waals surface area contributed by atoms with E-state index >= 15 is 26.3 Å². The number of hydrogen-bond donors (Lipinski definition) is 3. The van der Waals surface area contributed by atoms with Crippen LogP contribution < -0.4 is 48.6 Å². The first-order valence-corrected chi connectivity index (χ1v) is 46.1. The van der Waals surface area contributed by atoms with Gasteiger partial charge in [0.15, 0.2) is 52.4 Å². The number of benzene rings is 3. The summed E-state index contributed by atoms with van der Waals surface area (Å²) in [4.78, 5) is 119. The summed E-state index contributed by atoms with van der Waals surface area (Å²) < 4.78 is 140.